The maximum absolute atomic E-state index is 12.3. The molecular weight excluding hydrogens is 237 g/mol. The number of halogens is 3. The van der Waals surface area contributed by atoms with E-state index in [0.29, 0.717) is 5.57 Å². The molecule has 0 atom stereocenters. The molecule has 0 aromatic carbocycles. The highest BCUT2D eigenvalue weighted by molar-refractivity contribution is 5.39. The first-order valence-electron chi connectivity index (χ1n) is 5.92. The topological polar surface area (TPSA) is 0 Å². The largest absolute Gasteiger partial charge is 0.412 e. The van der Waals surface area contributed by atoms with Gasteiger partial charge in [0.15, 0.2) is 0 Å². The van der Waals surface area contributed by atoms with Crippen LogP contribution in [0.15, 0.2) is 47.1 Å². The van der Waals surface area contributed by atoms with Crippen LogP contribution in [0, 0.1) is 0 Å². The zero-order valence-corrected chi connectivity index (χ0v) is 12.1. The molecule has 0 aromatic rings. The predicted molar refractivity (Wildman–Crippen MR) is 73.5 cm³/mol. The van der Waals surface area contributed by atoms with Gasteiger partial charge < -0.3 is 0 Å². The van der Waals surface area contributed by atoms with E-state index in [2.05, 4.69) is 6.58 Å². The normalized spacial score (nSPS) is 14.5. The first-order valence-corrected chi connectivity index (χ1v) is 5.92. The molecule has 0 rings (SSSR count). The number of hydrogen-bond donors (Lipinski definition) is 0. The van der Waals surface area contributed by atoms with Gasteiger partial charge in [0.2, 0.25) is 0 Å². The third-order valence-corrected chi connectivity index (χ3v) is 2.43. The summed E-state index contributed by atoms with van der Waals surface area (Å²) in [7, 11) is 0. The van der Waals surface area contributed by atoms with E-state index in [-0.39, 0.29) is 0 Å². The highest BCUT2D eigenvalue weighted by Gasteiger charge is 2.29. The second-order valence-corrected chi connectivity index (χ2v) is 3.72. The fourth-order valence-corrected chi connectivity index (χ4v) is 1.13. The minimum absolute atomic E-state index is 0.587. The van der Waals surface area contributed by atoms with Crippen LogP contribution >= 0.6 is 0 Å². The monoisotopic (exact) mass is 260 g/mol. The molecule has 104 valence electrons. The van der Waals surface area contributed by atoms with Gasteiger partial charge in [-0.3, -0.25) is 0 Å². The van der Waals surface area contributed by atoms with Crippen LogP contribution in [-0.4, -0.2) is 6.18 Å². The average Bonchev–Trinajstić information content (AvgIpc) is 2.29. The maximum Gasteiger partial charge on any atom is 0.412 e. The first-order chi connectivity index (χ1) is 8.20. The van der Waals surface area contributed by atoms with Crippen LogP contribution in [0.4, 0.5) is 13.2 Å². The molecule has 0 N–H and O–H groups in total. The quantitative estimate of drug-likeness (QED) is 0.547. The van der Waals surface area contributed by atoms with Gasteiger partial charge in [-0.2, -0.15) is 13.2 Å². The van der Waals surface area contributed by atoms with Crippen molar-refractivity contribution < 1.29 is 13.2 Å². The van der Waals surface area contributed by atoms with Crippen molar-refractivity contribution in [1.82, 2.24) is 0 Å². The molecular formula is C15H23F3. The van der Waals surface area contributed by atoms with Gasteiger partial charge in [0, 0.05) is 5.57 Å². The second-order valence-electron chi connectivity index (χ2n) is 3.72. The van der Waals surface area contributed by atoms with Crippen LogP contribution < -0.4 is 0 Å². The number of hydrogen-bond acceptors (Lipinski definition) is 0. The smallest absolute Gasteiger partial charge is 0.166 e. The Kier molecular flexibility index (Phi) is 9.32. The molecule has 0 heterocycles. The molecule has 0 bridgehead atoms. The Hall–Kier alpha value is -1.25. The molecule has 0 amide bonds. The van der Waals surface area contributed by atoms with Crippen LogP contribution in [0.2, 0.25) is 0 Å². The van der Waals surface area contributed by atoms with E-state index in [0.717, 1.165) is 24.1 Å². The predicted octanol–water partition coefficient (Wildman–Crippen LogP) is 5.99. The zero-order valence-electron chi connectivity index (χ0n) is 12.1. The summed E-state index contributed by atoms with van der Waals surface area (Å²) >= 11 is 0. The molecule has 0 aliphatic heterocycles. The molecule has 0 aliphatic carbocycles. The SMILES string of the molecule is C=C/C=C(C)/C(C)=C(C)/C=C(\C)C(F)(F)F.CC. The van der Waals surface area contributed by atoms with E-state index in [1.807, 2.05) is 20.8 Å². The summed E-state index contributed by atoms with van der Waals surface area (Å²) in [6.45, 7) is 13.9. The molecule has 0 saturated heterocycles. The van der Waals surface area contributed by atoms with Crippen molar-refractivity contribution in [3.05, 3.63) is 47.1 Å². The van der Waals surface area contributed by atoms with Gasteiger partial charge in [0.25, 0.3) is 0 Å². The lowest BCUT2D eigenvalue weighted by atomic mass is 10.0. The number of rotatable bonds is 3. The summed E-state index contributed by atoms with van der Waals surface area (Å²) in [5, 5.41) is 0. The van der Waals surface area contributed by atoms with Crippen molar-refractivity contribution in [2.45, 2.75) is 47.7 Å². The van der Waals surface area contributed by atoms with E-state index in [1.165, 1.54) is 0 Å². The number of allylic oxidation sites excluding steroid dienone is 7. The maximum atomic E-state index is 12.3. The Bertz CT molecular complexity index is 352. The van der Waals surface area contributed by atoms with Crippen molar-refractivity contribution in [2.24, 2.45) is 0 Å². The first kappa shape index (κ1) is 19.1. The minimum Gasteiger partial charge on any atom is -0.166 e. The fourth-order valence-electron chi connectivity index (χ4n) is 1.13. The third-order valence-electron chi connectivity index (χ3n) is 2.43. The van der Waals surface area contributed by atoms with Crippen molar-refractivity contribution in [2.75, 3.05) is 0 Å². The molecule has 0 nitrogen and oxygen atoms in total. The molecule has 0 radical (unpaired) electrons. The van der Waals surface area contributed by atoms with Crippen LogP contribution in [0.5, 0.6) is 0 Å². The van der Waals surface area contributed by atoms with Gasteiger partial charge in [-0.25, -0.2) is 0 Å². The second kappa shape index (κ2) is 8.78. The summed E-state index contributed by atoms with van der Waals surface area (Å²) in [6.07, 6.45) is 0.301. The van der Waals surface area contributed by atoms with Crippen LogP contribution in [-0.2, 0) is 0 Å². The van der Waals surface area contributed by atoms with Crippen molar-refractivity contribution in [3.8, 4) is 0 Å². The van der Waals surface area contributed by atoms with E-state index in [9.17, 15) is 13.2 Å². The molecule has 0 unspecified atom stereocenters. The molecule has 0 aliphatic rings. The average molecular weight is 260 g/mol. The fraction of sp³-hybridized carbons (Fsp3) is 0.467. The highest BCUT2D eigenvalue weighted by atomic mass is 19.4. The molecule has 0 fully saturated rings. The Morgan fingerprint density at radius 3 is 1.78 bits per heavy atom. The highest BCUT2D eigenvalue weighted by Crippen LogP contribution is 2.27. The lowest BCUT2D eigenvalue weighted by Gasteiger charge is -2.09. The van der Waals surface area contributed by atoms with E-state index < -0.39 is 11.7 Å². The van der Waals surface area contributed by atoms with Crippen molar-refractivity contribution in [3.63, 3.8) is 0 Å². The van der Waals surface area contributed by atoms with Gasteiger partial charge in [-0.05, 0) is 44.4 Å². The molecule has 0 aromatic heterocycles. The van der Waals surface area contributed by atoms with E-state index in [4.69, 9.17) is 0 Å². The van der Waals surface area contributed by atoms with Crippen LogP contribution in [0.25, 0.3) is 0 Å². The molecule has 18 heavy (non-hydrogen) atoms. The Balaban J connectivity index is 0. The Morgan fingerprint density at radius 2 is 1.44 bits per heavy atom. The van der Waals surface area contributed by atoms with Gasteiger partial charge in [-0.1, -0.05) is 38.7 Å². The van der Waals surface area contributed by atoms with Crippen LogP contribution in [0.3, 0.4) is 0 Å². The van der Waals surface area contributed by atoms with E-state index in [1.54, 1.807) is 26.0 Å². The summed E-state index contributed by atoms with van der Waals surface area (Å²) in [5.74, 6) is 0. The van der Waals surface area contributed by atoms with Crippen molar-refractivity contribution in [1.29, 1.82) is 0 Å². The van der Waals surface area contributed by atoms with Gasteiger partial charge in [-0.15, -0.1) is 0 Å². The lowest BCUT2D eigenvalue weighted by Crippen LogP contribution is -2.09. The minimum atomic E-state index is -4.25. The summed E-state index contributed by atoms with van der Waals surface area (Å²) < 4.78 is 36.9. The molecule has 0 saturated carbocycles. The summed E-state index contributed by atoms with van der Waals surface area (Å²) in [4.78, 5) is 0. The summed E-state index contributed by atoms with van der Waals surface area (Å²) in [5.41, 5.74) is 1.78. The Morgan fingerprint density at radius 1 is 1.00 bits per heavy atom. The molecule has 3 heteroatoms. The van der Waals surface area contributed by atoms with Gasteiger partial charge in [0.05, 0.1) is 0 Å². The third kappa shape index (κ3) is 7.15. The van der Waals surface area contributed by atoms with Crippen molar-refractivity contribution >= 4 is 0 Å². The lowest BCUT2D eigenvalue weighted by molar-refractivity contribution is -0.0913. The Labute approximate surface area is 109 Å². The van der Waals surface area contributed by atoms with E-state index >= 15 is 0 Å². The van der Waals surface area contributed by atoms with Crippen LogP contribution in [0.1, 0.15) is 41.5 Å². The summed E-state index contributed by atoms with van der Waals surface area (Å²) in [6, 6.07) is 0. The zero-order chi connectivity index (χ0) is 14.9. The molecule has 0 spiro atoms. The standard InChI is InChI=1S/C13H17F3.C2H6/c1-6-7-9(2)12(5)10(3)8-11(4)13(14,15)16;1-2/h6-8H,1H2,2-5H3;1-2H3/b9-7+,11-8+,12-10+;. The van der Waals surface area contributed by atoms with Gasteiger partial charge >= 0.3 is 6.18 Å². The number of alkyl halides is 3. The van der Waals surface area contributed by atoms with Gasteiger partial charge in [0.1, 0.15) is 0 Å².